The maximum atomic E-state index is 2.50. The number of hydrogen-bond donors (Lipinski definition) is 0. The van der Waals surface area contributed by atoms with Crippen LogP contribution < -0.4 is 4.90 Å². The molecule has 0 aromatic heterocycles. The van der Waals surface area contributed by atoms with Gasteiger partial charge in [-0.05, 0) is 125 Å². The van der Waals surface area contributed by atoms with Gasteiger partial charge in [-0.1, -0.05) is 188 Å². The molecule has 12 rings (SSSR count). The molecule has 0 saturated carbocycles. The minimum atomic E-state index is -0.533. The standard InChI is InChI=1S/C57H37N/c1-3-13-38(14-4-1)40-25-30-44(31-26-40)58(45-32-27-41(28-33-45)39-15-5-2-6-16-39)46-34-35-49-48-21-9-10-23-51(48)57(54(49)37-46)52-24-12-19-43-18-11-22-50(55(43)52)56-47-20-8-7-17-42(47)29-36-53(56)57/h1-37H. The highest BCUT2D eigenvalue weighted by atomic mass is 15.1. The summed E-state index contributed by atoms with van der Waals surface area (Å²) in [4.78, 5) is 2.43. The highest BCUT2D eigenvalue weighted by Gasteiger charge is 2.50. The van der Waals surface area contributed by atoms with E-state index in [1.807, 2.05) is 0 Å². The molecule has 10 aromatic rings. The maximum absolute atomic E-state index is 2.50. The lowest BCUT2D eigenvalue weighted by Crippen LogP contribution is -2.32. The Labute approximate surface area is 338 Å². The van der Waals surface area contributed by atoms with E-state index >= 15 is 0 Å². The van der Waals surface area contributed by atoms with Crippen molar-refractivity contribution in [3.63, 3.8) is 0 Å². The van der Waals surface area contributed by atoms with Crippen LogP contribution in [-0.2, 0) is 5.41 Å². The Morgan fingerprint density at radius 3 is 1.52 bits per heavy atom. The first-order valence-electron chi connectivity index (χ1n) is 20.2. The van der Waals surface area contributed by atoms with Gasteiger partial charge >= 0.3 is 0 Å². The van der Waals surface area contributed by atoms with Crippen LogP contribution in [0.15, 0.2) is 224 Å². The van der Waals surface area contributed by atoms with Crippen LogP contribution in [0.4, 0.5) is 17.1 Å². The minimum Gasteiger partial charge on any atom is -0.310 e. The van der Waals surface area contributed by atoms with Crippen molar-refractivity contribution in [2.45, 2.75) is 5.41 Å². The highest BCUT2D eigenvalue weighted by molar-refractivity contribution is 6.13. The third-order valence-electron chi connectivity index (χ3n) is 12.7. The Morgan fingerprint density at radius 2 is 0.810 bits per heavy atom. The summed E-state index contributed by atoms with van der Waals surface area (Å²) in [5, 5.41) is 5.17. The Bertz CT molecular complexity index is 3110. The lowest BCUT2D eigenvalue weighted by molar-refractivity contribution is 0.775. The zero-order valence-corrected chi connectivity index (χ0v) is 31.8. The van der Waals surface area contributed by atoms with Crippen molar-refractivity contribution in [2.24, 2.45) is 0 Å². The zero-order valence-electron chi connectivity index (χ0n) is 31.8. The van der Waals surface area contributed by atoms with Gasteiger partial charge in [-0.2, -0.15) is 0 Å². The first-order valence-corrected chi connectivity index (χ1v) is 20.2. The second-order valence-corrected chi connectivity index (χ2v) is 15.6. The molecule has 1 heteroatoms. The first-order chi connectivity index (χ1) is 28.8. The monoisotopic (exact) mass is 735 g/mol. The largest absolute Gasteiger partial charge is 0.310 e. The van der Waals surface area contributed by atoms with Crippen LogP contribution in [0, 0.1) is 0 Å². The SMILES string of the molecule is c1ccc(-c2ccc(N(c3ccc(-c4ccccc4)cc3)c3ccc4c(c3)C3(c5ccccc5-4)c4ccc5ccccc5c4-c4cccc5cccc3c45)cc2)cc1. The molecule has 58 heavy (non-hydrogen) atoms. The van der Waals surface area contributed by atoms with Gasteiger partial charge in [-0.15, -0.1) is 0 Å². The molecular weight excluding hydrogens is 699 g/mol. The van der Waals surface area contributed by atoms with Crippen molar-refractivity contribution < 1.29 is 0 Å². The normalized spacial score (nSPS) is 14.6. The second kappa shape index (κ2) is 12.8. The summed E-state index contributed by atoms with van der Waals surface area (Å²) in [5.41, 5.74) is 18.2. The van der Waals surface area contributed by atoms with Crippen LogP contribution >= 0.6 is 0 Å². The van der Waals surface area contributed by atoms with E-state index in [0.29, 0.717) is 0 Å². The fourth-order valence-corrected chi connectivity index (χ4v) is 10.2. The van der Waals surface area contributed by atoms with Crippen LogP contribution in [0.1, 0.15) is 22.3 Å². The van der Waals surface area contributed by atoms with Crippen molar-refractivity contribution in [3.05, 3.63) is 247 Å². The molecule has 0 fully saturated rings. The Hall–Kier alpha value is -7.48. The van der Waals surface area contributed by atoms with E-state index in [4.69, 9.17) is 0 Å². The first kappa shape index (κ1) is 32.7. The Balaban J connectivity index is 1.13. The fourth-order valence-electron chi connectivity index (χ4n) is 10.2. The fraction of sp³-hybridized carbons (Fsp3) is 0.0175. The van der Waals surface area contributed by atoms with E-state index in [0.717, 1.165) is 17.1 Å². The van der Waals surface area contributed by atoms with E-state index in [1.54, 1.807) is 0 Å². The van der Waals surface area contributed by atoms with Gasteiger partial charge in [-0.25, -0.2) is 0 Å². The molecule has 270 valence electrons. The molecule has 0 heterocycles. The molecule has 2 aliphatic rings. The lowest BCUT2D eigenvalue weighted by Gasteiger charge is -2.41. The number of rotatable bonds is 5. The van der Waals surface area contributed by atoms with Crippen LogP contribution in [0.3, 0.4) is 0 Å². The predicted molar refractivity (Wildman–Crippen MR) is 243 cm³/mol. The van der Waals surface area contributed by atoms with E-state index in [2.05, 4.69) is 229 Å². The third-order valence-corrected chi connectivity index (χ3v) is 12.7. The third kappa shape index (κ3) is 4.71. The summed E-state index contributed by atoms with van der Waals surface area (Å²) in [6.45, 7) is 0. The molecule has 0 N–H and O–H groups in total. The molecule has 0 saturated heterocycles. The number of hydrogen-bond acceptors (Lipinski definition) is 1. The van der Waals surface area contributed by atoms with Crippen molar-refractivity contribution in [2.75, 3.05) is 4.90 Å². The molecule has 1 nitrogen and oxygen atoms in total. The summed E-state index contributed by atoms with van der Waals surface area (Å²) >= 11 is 0. The molecular formula is C57H37N. The molecule has 0 bridgehead atoms. The van der Waals surface area contributed by atoms with Gasteiger partial charge in [0.25, 0.3) is 0 Å². The summed E-state index contributed by atoms with van der Waals surface area (Å²) in [6.07, 6.45) is 0. The van der Waals surface area contributed by atoms with Crippen LogP contribution in [0.25, 0.3) is 66.1 Å². The van der Waals surface area contributed by atoms with E-state index in [9.17, 15) is 0 Å². The Morgan fingerprint density at radius 1 is 0.293 bits per heavy atom. The van der Waals surface area contributed by atoms with Gasteiger partial charge in [0.15, 0.2) is 0 Å². The topological polar surface area (TPSA) is 3.24 Å². The molecule has 2 aliphatic carbocycles. The van der Waals surface area contributed by atoms with Crippen LogP contribution in [0.5, 0.6) is 0 Å². The van der Waals surface area contributed by atoms with E-state index in [1.165, 1.54) is 88.3 Å². The average Bonchev–Trinajstić information content (AvgIpc) is 3.59. The number of benzene rings is 10. The van der Waals surface area contributed by atoms with E-state index < -0.39 is 5.41 Å². The molecule has 0 amide bonds. The van der Waals surface area contributed by atoms with Crippen LogP contribution in [-0.4, -0.2) is 0 Å². The van der Waals surface area contributed by atoms with Gasteiger partial charge in [-0.3, -0.25) is 0 Å². The molecule has 1 unspecified atom stereocenters. The average molecular weight is 736 g/mol. The van der Waals surface area contributed by atoms with Crippen molar-refractivity contribution in [1.82, 2.24) is 0 Å². The lowest BCUT2D eigenvalue weighted by atomic mass is 9.61. The minimum absolute atomic E-state index is 0.533. The quantitative estimate of drug-likeness (QED) is 0.170. The number of nitrogens with zero attached hydrogens (tertiary/aromatic N) is 1. The number of fused-ring (bicyclic) bond motifs is 11. The van der Waals surface area contributed by atoms with Crippen LogP contribution in [0.2, 0.25) is 0 Å². The zero-order chi connectivity index (χ0) is 38.2. The molecule has 10 aromatic carbocycles. The summed E-state index contributed by atoms with van der Waals surface area (Å²) in [6, 6.07) is 83.1. The smallest absolute Gasteiger partial charge is 0.0726 e. The van der Waals surface area contributed by atoms with Gasteiger partial charge in [0.1, 0.15) is 0 Å². The molecule has 0 aliphatic heterocycles. The maximum Gasteiger partial charge on any atom is 0.0726 e. The highest BCUT2D eigenvalue weighted by Crippen LogP contribution is 2.63. The molecule has 1 spiro atoms. The van der Waals surface area contributed by atoms with Gasteiger partial charge in [0.2, 0.25) is 0 Å². The summed E-state index contributed by atoms with van der Waals surface area (Å²) < 4.78 is 0. The molecule has 1 atom stereocenters. The van der Waals surface area contributed by atoms with Crippen molar-refractivity contribution in [1.29, 1.82) is 0 Å². The molecule has 0 radical (unpaired) electrons. The summed E-state index contributed by atoms with van der Waals surface area (Å²) in [5.74, 6) is 0. The van der Waals surface area contributed by atoms with Crippen molar-refractivity contribution >= 4 is 38.6 Å². The van der Waals surface area contributed by atoms with Crippen molar-refractivity contribution in [3.8, 4) is 44.5 Å². The Kier molecular flexibility index (Phi) is 7.21. The second-order valence-electron chi connectivity index (χ2n) is 15.6. The van der Waals surface area contributed by atoms with Gasteiger partial charge in [0.05, 0.1) is 5.41 Å². The van der Waals surface area contributed by atoms with Gasteiger partial charge < -0.3 is 4.90 Å². The predicted octanol–water partition coefficient (Wildman–Crippen LogP) is 15.1. The summed E-state index contributed by atoms with van der Waals surface area (Å²) in [7, 11) is 0. The van der Waals surface area contributed by atoms with E-state index in [-0.39, 0.29) is 0 Å². The number of anilines is 3. The van der Waals surface area contributed by atoms with Gasteiger partial charge in [0, 0.05) is 17.1 Å².